The monoisotopic (exact) mass is 172 g/mol. The molecule has 0 bridgehead atoms. The molecule has 0 rings (SSSR count). The van der Waals surface area contributed by atoms with Crippen LogP contribution in [-0.2, 0) is 9.53 Å². The van der Waals surface area contributed by atoms with E-state index in [9.17, 15) is 4.79 Å². The van der Waals surface area contributed by atoms with Crippen LogP contribution in [0.25, 0.3) is 0 Å². The van der Waals surface area contributed by atoms with Crippen molar-refractivity contribution in [2.24, 2.45) is 0 Å². The molecule has 0 aliphatic heterocycles. The van der Waals surface area contributed by atoms with E-state index in [-0.39, 0.29) is 0 Å². The van der Waals surface area contributed by atoms with Gasteiger partial charge in [0.25, 0.3) is 0 Å². The largest absolute Gasteiger partial charge is 0.463 e. The number of unbranched alkanes of at least 4 members (excludes halogenated alkanes) is 1. The average molecular weight is 172 g/mol. The summed E-state index contributed by atoms with van der Waals surface area (Å²) in [6.07, 6.45) is 2.67. The Morgan fingerprint density at radius 1 is 1.50 bits per heavy atom. The molecule has 0 radical (unpaired) electrons. The van der Waals surface area contributed by atoms with Crippen LogP contribution in [0.5, 0.6) is 0 Å². The van der Waals surface area contributed by atoms with Crippen LogP contribution in [0.4, 0.5) is 0 Å². The highest BCUT2D eigenvalue weighted by Crippen LogP contribution is 1.98. The van der Waals surface area contributed by atoms with E-state index < -0.39 is 13.1 Å². The molecule has 0 fully saturated rings. The molecule has 0 aliphatic carbocycles. The van der Waals surface area contributed by atoms with E-state index in [4.69, 9.17) is 10.0 Å². The van der Waals surface area contributed by atoms with Crippen LogP contribution >= 0.6 is 0 Å². The number of rotatable bonds is 6. The van der Waals surface area contributed by atoms with Gasteiger partial charge in [-0.1, -0.05) is 13.0 Å². The van der Waals surface area contributed by atoms with Crippen LogP contribution in [0.15, 0.2) is 12.7 Å². The van der Waals surface area contributed by atoms with Crippen molar-refractivity contribution in [2.75, 3.05) is 6.61 Å². The van der Waals surface area contributed by atoms with Crippen molar-refractivity contribution in [2.45, 2.75) is 19.2 Å². The predicted molar refractivity (Wildman–Crippen MR) is 45.4 cm³/mol. The first-order chi connectivity index (χ1) is 5.66. The first-order valence-corrected chi connectivity index (χ1v) is 3.82. The summed E-state index contributed by atoms with van der Waals surface area (Å²) in [5, 5.41) is 16.9. The molecule has 0 saturated heterocycles. The topological polar surface area (TPSA) is 66.8 Å². The predicted octanol–water partition coefficient (Wildman–Crippen LogP) is -0.0314. The fourth-order valence-corrected chi connectivity index (χ4v) is 0.661. The van der Waals surface area contributed by atoms with Crippen molar-refractivity contribution >= 4 is 13.1 Å². The van der Waals surface area contributed by atoms with Gasteiger partial charge in [0.1, 0.15) is 0 Å². The van der Waals surface area contributed by atoms with E-state index in [1.807, 2.05) is 0 Å². The van der Waals surface area contributed by atoms with Gasteiger partial charge in [-0.25, -0.2) is 4.79 Å². The molecule has 2 N–H and O–H groups in total. The van der Waals surface area contributed by atoms with Gasteiger partial charge < -0.3 is 14.8 Å². The van der Waals surface area contributed by atoms with Gasteiger partial charge in [-0.3, -0.25) is 0 Å². The lowest BCUT2D eigenvalue weighted by Gasteiger charge is -2.00. The van der Waals surface area contributed by atoms with Crippen LogP contribution in [0.2, 0.25) is 6.32 Å². The summed E-state index contributed by atoms with van der Waals surface area (Å²) in [7, 11) is -1.26. The summed E-state index contributed by atoms with van der Waals surface area (Å²) in [5.74, 6) is -0.445. The summed E-state index contributed by atoms with van der Waals surface area (Å²) >= 11 is 0. The molecular weight excluding hydrogens is 159 g/mol. The lowest BCUT2D eigenvalue weighted by atomic mass is 9.84. The lowest BCUT2D eigenvalue weighted by molar-refractivity contribution is -0.137. The number of ether oxygens (including phenoxy) is 1. The summed E-state index contributed by atoms with van der Waals surface area (Å²) in [4.78, 5) is 10.5. The van der Waals surface area contributed by atoms with Gasteiger partial charge in [-0.05, 0) is 12.7 Å². The second-order valence-electron chi connectivity index (χ2n) is 2.35. The summed E-state index contributed by atoms with van der Waals surface area (Å²) < 4.78 is 4.65. The van der Waals surface area contributed by atoms with Gasteiger partial charge >= 0.3 is 13.1 Å². The molecule has 0 amide bonds. The fourth-order valence-electron chi connectivity index (χ4n) is 0.661. The Kier molecular flexibility index (Phi) is 6.42. The lowest BCUT2D eigenvalue weighted by Crippen LogP contribution is -2.10. The van der Waals surface area contributed by atoms with Gasteiger partial charge in [0.2, 0.25) is 0 Å². The van der Waals surface area contributed by atoms with Gasteiger partial charge in [0, 0.05) is 6.08 Å². The molecule has 4 nitrogen and oxygen atoms in total. The van der Waals surface area contributed by atoms with Crippen molar-refractivity contribution < 1.29 is 19.6 Å². The number of carbonyl (C=O) groups is 1. The summed E-state index contributed by atoms with van der Waals surface area (Å²) in [6.45, 7) is 3.54. The first-order valence-electron chi connectivity index (χ1n) is 3.82. The Morgan fingerprint density at radius 2 is 2.17 bits per heavy atom. The Hall–Kier alpha value is -0.805. The van der Waals surface area contributed by atoms with Crippen molar-refractivity contribution in [1.82, 2.24) is 0 Å². The Labute approximate surface area is 72.0 Å². The third kappa shape index (κ3) is 7.30. The molecule has 0 aromatic heterocycles. The van der Waals surface area contributed by atoms with E-state index in [0.29, 0.717) is 25.8 Å². The van der Waals surface area contributed by atoms with Gasteiger partial charge in [0.15, 0.2) is 0 Å². The maximum atomic E-state index is 10.5. The molecule has 0 spiro atoms. The molecule has 0 heterocycles. The normalized spacial score (nSPS) is 9.17. The smallest absolute Gasteiger partial charge is 0.451 e. The highest BCUT2D eigenvalue weighted by atomic mass is 16.5. The average Bonchev–Trinajstić information content (AvgIpc) is 2.03. The van der Waals surface area contributed by atoms with Gasteiger partial charge in [-0.15, -0.1) is 0 Å². The van der Waals surface area contributed by atoms with Crippen molar-refractivity contribution in [3.8, 4) is 0 Å². The molecule has 0 unspecified atom stereocenters. The third-order valence-corrected chi connectivity index (χ3v) is 1.27. The van der Waals surface area contributed by atoms with E-state index in [2.05, 4.69) is 11.3 Å². The molecule has 0 saturated carbocycles. The molecule has 0 aromatic rings. The second kappa shape index (κ2) is 6.88. The standard InChI is InChI=1S/C7H13BO4/c1-2-7(9)12-6-4-3-5-8(10)11/h2,10-11H,1,3-6H2. The van der Waals surface area contributed by atoms with Crippen LogP contribution in [-0.4, -0.2) is 29.7 Å². The summed E-state index contributed by atoms with van der Waals surface area (Å²) in [6, 6.07) is 0. The van der Waals surface area contributed by atoms with Crippen LogP contribution < -0.4 is 0 Å². The molecule has 0 aromatic carbocycles. The van der Waals surface area contributed by atoms with Gasteiger partial charge in [-0.2, -0.15) is 0 Å². The Bertz CT molecular complexity index is 146. The number of hydrogen-bond donors (Lipinski definition) is 2. The highest BCUT2D eigenvalue weighted by molar-refractivity contribution is 6.40. The molecule has 0 aliphatic rings. The summed E-state index contributed by atoms with van der Waals surface area (Å²) in [5.41, 5.74) is 0. The number of hydrogen-bond acceptors (Lipinski definition) is 4. The number of esters is 1. The van der Waals surface area contributed by atoms with E-state index in [1.54, 1.807) is 0 Å². The Morgan fingerprint density at radius 3 is 2.67 bits per heavy atom. The van der Waals surface area contributed by atoms with E-state index in [1.165, 1.54) is 0 Å². The van der Waals surface area contributed by atoms with E-state index >= 15 is 0 Å². The minimum atomic E-state index is -1.26. The van der Waals surface area contributed by atoms with Crippen molar-refractivity contribution in [3.05, 3.63) is 12.7 Å². The highest BCUT2D eigenvalue weighted by Gasteiger charge is 2.05. The third-order valence-electron chi connectivity index (χ3n) is 1.27. The minimum Gasteiger partial charge on any atom is -0.463 e. The van der Waals surface area contributed by atoms with Crippen molar-refractivity contribution in [1.29, 1.82) is 0 Å². The quantitative estimate of drug-likeness (QED) is 0.255. The van der Waals surface area contributed by atoms with Crippen LogP contribution in [0, 0.1) is 0 Å². The molecule has 0 atom stereocenters. The second-order valence-corrected chi connectivity index (χ2v) is 2.35. The molecule has 68 valence electrons. The zero-order valence-electron chi connectivity index (χ0n) is 6.90. The zero-order chi connectivity index (χ0) is 9.40. The first kappa shape index (κ1) is 11.2. The zero-order valence-corrected chi connectivity index (χ0v) is 6.90. The fraction of sp³-hybridized carbons (Fsp3) is 0.571. The van der Waals surface area contributed by atoms with E-state index in [0.717, 1.165) is 6.08 Å². The maximum absolute atomic E-state index is 10.5. The Balaban J connectivity index is 3.11. The van der Waals surface area contributed by atoms with Crippen LogP contribution in [0.1, 0.15) is 12.8 Å². The molecule has 12 heavy (non-hydrogen) atoms. The maximum Gasteiger partial charge on any atom is 0.451 e. The number of carbonyl (C=O) groups excluding carboxylic acids is 1. The van der Waals surface area contributed by atoms with Crippen LogP contribution in [0.3, 0.4) is 0 Å². The van der Waals surface area contributed by atoms with Gasteiger partial charge in [0.05, 0.1) is 6.61 Å². The van der Waals surface area contributed by atoms with Crippen molar-refractivity contribution in [3.63, 3.8) is 0 Å². The SMILES string of the molecule is C=CC(=O)OCCCCB(O)O. The molecule has 5 heteroatoms. The molecular formula is C7H13BO4. The minimum absolute atomic E-state index is 0.303.